The maximum Gasteiger partial charge on any atom is 0.270 e. The third kappa shape index (κ3) is 3.63. The van der Waals surface area contributed by atoms with E-state index in [1.54, 1.807) is 23.1 Å². The number of carbonyl (C=O) groups excluding carboxylic acids is 1. The first kappa shape index (κ1) is 17.9. The third-order valence-corrected chi connectivity index (χ3v) is 4.57. The molecular formula is C20H18N4O4. The lowest BCUT2D eigenvalue weighted by molar-refractivity contribution is -0.384. The molecule has 3 aromatic rings. The molecule has 1 aromatic heterocycles. The molecule has 0 atom stereocenters. The highest BCUT2D eigenvalue weighted by Gasteiger charge is 2.24. The maximum atomic E-state index is 13.2. The van der Waals surface area contributed by atoms with E-state index in [1.807, 2.05) is 24.3 Å². The third-order valence-electron chi connectivity index (χ3n) is 4.57. The number of nitro benzene ring substituents is 1. The van der Waals surface area contributed by atoms with Gasteiger partial charge in [0.1, 0.15) is 5.82 Å². The van der Waals surface area contributed by atoms with Crippen molar-refractivity contribution in [1.29, 1.82) is 0 Å². The summed E-state index contributed by atoms with van der Waals surface area (Å²) in [4.78, 5) is 33.3. The van der Waals surface area contributed by atoms with E-state index in [0.29, 0.717) is 43.3 Å². The molecule has 0 saturated carbocycles. The Hall–Kier alpha value is -3.52. The number of hydrogen-bond donors (Lipinski definition) is 1. The van der Waals surface area contributed by atoms with Gasteiger partial charge in [-0.05, 0) is 23.8 Å². The summed E-state index contributed by atoms with van der Waals surface area (Å²) in [6, 6.07) is 13.7. The number of morpholine rings is 1. The van der Waals surface area contributed by atoms with Gasteiger partial charge in [0.15, 0.2) is 0 Å². The summed E-state index contributed by atoms with van der Waals surface area (Å²) in [7, 11) is 0. The highest BCUT2D eigenvalue weighted by molar-refractivity contribution is 6.23. The lowest BCUT2D eigenvalue weighted by Gasteiger charge is -2.27. The Morgan fingerprint density at radius 2 is 1.96 bits per heavy atom. The molecule has 1 aliphatic heterocycles. The van der Waals surface area contributed by atoms with Gasteiger partial charge < -0.3 is 14.6 Å². The van der Waals surface area contributed by atoms with Crippen molar-refractivity contribution in [3.8, 4) is 0 Å². The van der Waals surface area contributed by atoms with Crippen LogP contribution >= 0.6 is 0 Å². The van der Waals surface area contributed by atoms with Crippen LogP contribution < -0.4 is 0 Å². The molecule has 0 bridgehead atoms. The Bertz CT molecular complexity index is 1030. The van der Waals surface area contributed by atoms with Crippen molar-refractivity contribution in [3.05, 3.63) is 70.0 Å². The lowest BCUT2D eigenvalue weighted by Crippen LogP contribution is -2.41. The van der Waals surface area contributed by atoms with Gasteiger partial charge in [0.2, 0.25) is 0 Å². The minimum Gasteiger partial charge on any atom is -0.378 e. The highest BCUT2D eigenvalue weighted by atomic mass is 16.6. The Morgan fingerprint density at radius 1 is 1.18 bits per heavy atom. The van der Waals surface area contributed by atoms with E-state index in [1.165, 1.54) is 12.1 Å². The molecule has 1 fully saturated rings. The number of aromatic amines is 1. The number of carbonyl (C=O) groups is 1. The smallest absolute Gasteiger partial charge is 0.270 e. The van der Waals surface area contributed by atoms with E-state index >= 15 is 0 Å². The Morgan fingerprint density at radius 3 is 2.71 bits per heavy atom. The largest absolute Gasteiger partial charge is 0.378 e. The van der Waals surface area contributed by atoms with E-state index in [2.05, 4.69) is 9.97 Å². The first-order chi connectivity index (χ1) is 13.6. The van der Waals surface area contributed by atoms with Gasteiger partial charge in [-0.1, -0.05) is 24.3 Å². The van der Waals surface area contributed by atoms with Gasteiger partial charge in [-0.3, -0.25) is 14.9 Å². The summed E-state index contributed by atoms with van der Waals surface area (Å²) in [6.07, 6.45) is 1.64. The zero-order valence-electron chi connectivity index (χ0n) is 15.0. The minimum atomic E-state index is -0.456. The summed E-state index contributed by atoms with van der Waals surface area (Å²) >= 11 is 0. The lowest BCUT2D eigenvalue weighted by atomic mass is 10.1. The van der Waals surface area contributed by atoms with E-state index in [4.69, 9.17) is 4.74 Å². The van der Waals surface area contributed by atoms with E-state index in [9.17, 15) is 14.9 Å². The zero-order valence-corrected chi connectivity index (χ0v) is 15.0. The predicted octanol–water partition coefficient (Wildman–Crippen LogP) is 2.87. The van der Waals surface area contributed by atoms with Gasteiger partial charge >= 0.3 is 0 Å². The fraction of sp³-hybridized carbons (Fsp3) is 0.200. The standard InChI is InChI=1S/C20H18N4O4/c25-20(23-8-10-28-11-9-23)16(13-14-4-3-5-15(12-14)24(26)27)19-21-17-6-1-2-7-18(17)22-19/h1-7,12-13H,8-11H2,(H,21,22)/b16-13+. The van der Waals surface area contributed by atoms with Crippen molar-refractivity contribution < 1.29 is 14.5 Å². The quantitative estimate of drug-likeness (QED) is 0.427. The first-order valence-corrected chi connectivity index (χ1v) is 8.90. The maximum absolute atomic E-state index is 13.2. The van der Waals surface area contributed by atoms with Crippen LogP contribution in [0.25, 0.3) is 22.7 Å². The molecule has 0 radical (unpaired) electrons. The number of amides is 1. The second kappa shape index (κ2) is 7.61. The van der Waals surface area contributed by atoms with Gasteiger partial charge in [0.05, 0.1) is 34.7 Å². The van der Waals surface area contributed by atoms with Crippen molar-refractivity contribution >= 4 is 34.3 Å². The monoisotopic (exact) mass is 378 g/mol. The topological polar surface area (TPSA) is 101 Å². The minimum absolute atomic E-state index is 0.0310. The molecule has 8 nitrogen and oxygen atoms in total. The number of benzene rings is 2. The molecule has 4 rings (SSSR count). The molecule has 1 aliphatic rings. The number of nitro groups is 1. The average molecular weight is 378 g/mol. The second-order valence-corrected chi connectivity index (χ2v) is 6.42. The van der Waals surface area contributed by atoms with Crippen LogP contribution in [0.3, 0.4) is 0 Å². The normalized spacial score (nSPS) is 15.0. The van der Waals surface area contributed by atoms with Crippen LogP contribution in [0.2, 0.25) is 0 Å². The van der Waals surface area contributed by atoms with Crippen molar-refractivity contribution in [2.75, 3.05) is 26.3 Å². The summed E-state index contributed by atoms with van der Waals surface area (Å²) < 4.78 is 5.33. The molecule has 142 valence electrons. The van der Waals surface area contributed by atoms with Gasteiger partial charge in [-0.2, -0.15) is 0 Å². The Balaban J connectivity index is 1.79. The Labute approximate surface area is 160 Å². The fourth-order valence-electron chi connectivity index (χ4n) is 3.14. The number of hydrogen-bond acceptors (Lipinski definition) is 5. The number of imidazole rings is 1. The predicted molar refractivity (Wildman–Crippen MR) is 104 cm³/mol. The van der Waals surface area contributed by atoms with Gasteiger partial charge in [-0.25, -0.2) is 4.98 Å². The van der Waals surface area contributed by atoms with E-state index in [0.717, 1.165) is 11.0 Å². The van der Waals surface area contributed by atoms with E-state index in [-0.39, 0.29) is 11.6 Å². The van der Waals surface area contributed by atoms with Crippen LogP contribution in [0, 0.1) is 10.1 Å². The Kier molecular flexibility index (Phi) is 4.86. The van der Waals surface area contributed by atoms with Crippen LogP contribution in [0.15, 0.2) is 48.5 Å². The highest BCUT2D eigenvalue weighted by Crippen LogP contribution is 2.24. The van der Waals surface area contributed by atoms with Gasteiger partial charge in [0.25, 0.3) is 11.6 Å². The molecule has 1 saturated heterocycles. The molecular weight excluding hydrogens is 360 g/mol. The van der Waals surface area contributed by atoms with Crippen LogP contribution in [0.1, 0.15) is 11.4 Å². The first-order valence-electron chi connectivity index (χ1n) is 8.90. The molecule has 0 unspecified atom stereocenters. The SMILES string of the molecule is O=C(/C(=C/c1cccc([N+](=O)[O-])c1)c1nc2ccccc2[nH]1)N1CCOCC1. The van der Waals surface area contributed by atoms with Gasteiger partial charge in [0, 0.05) is 25.2 Å². The number of H-pyrrole nitrogens is 1. The van der Waals surface area contributed by atoms with Crippen molar-refractivity contribution in [1.82, 2.24) is 14.9 Å². The molecule has 0 aliphatic carbocycles. The molecule has 28 heavy (non-hydrogen) atoms. The number of para-hydroxylation sites is 2. The number of fused-ring (bicyclic) bond motifs is 1. The molecule has 1 amide bonds. The molecule has 1 N–H and O–H groups in total. The molecule has 0 spiro atoms. The molecule has 8 heteroatoms. The number of nitrogens with zero attached hydrogens (tertiary/aromatic N) is 3. The van der Waals surface area contributed by atoms with Crippen LogP contribution in [0.5, 0.6) is 0 Å². The summed E-state index contributed by atoms with van der Waals surface area (Å²) in [5, 5.41) is 11.1. The van der Waals surface area contributed by atoms with Crippen molar-refractivity contribution in [2.24, 2.45) is 0 Å². The van der Waals surface area contributed by atoms with Gasteiger partial charge in [-0.15, -0.1) is 0 Å². The number of ether oxygens (including phenoxy) is 1. The summed E-state index contributed by atoms with van der Waals surface area (Å²) in [5.41, 5.74) is 2.45. The second-order valence-electron chi connectivity index (χ2n) is 6.42. The van der Waals surface area contributed by atoms with Crippen LogP contribution in [-0.2, 0) is 9.53 Å². The fourth-order valence-corrected chi connectivity index (χ4v) is 3.14. The van der Waals surface area contributed by atoms with Crippen LogP contribution in [0.4, 0.5) is 5.69 Å². The molecule has 2 heterocycles. The summed E-state index contributed by atoms with van der Waals surface area (Å²) in [5.74, 6) is 0.248. The zero-order chi connectivity index (χ0) is 19.5. The summed E-state index contributed by atoms with van der Waals surface area (Å²) in [6.45, 7) is 1.95. The number of nitrogens with one attached hydrogen (secondary N) is 1. The number of rotatable bonds is 4. The number of aromatic nitrogens is 2. The van der Waals surface area contributed by atoms with Crippen molar-refractivity contribution in [2.45, 2.75) is 0 Å². The van der Waals surface area contributed by atoms with E-state index < -0.39 is 4.92 Å². The number of non-ortho nitro benzene ring substituents is 1. The van der Waals surface area contributed by atoms with Crippen LogP contribution in [-0.4, -0.2) is 52.0 Å². The molecule has 2 aromatic carbocycles. The average Bonchev–Trinajstić information content (AvgIpc) is 3.16. The van der Waals surface area contributed by atoms with Crippen molar-refractivity contribution in [3.63, 3.8) is 0 Å².